The summed E-state index contributed by atoms with van der Waals surface area (Å²) in [4.78, 5) is 0. The molecule has 0 saturated carbocycles. The molecular formula is C25H10F2I8. The Morgan fingerprint density at radius 1 is 0.400 bits per heavy atom. The average molecular weight is 1360 g/mol. The summed E-state index contributed by atoms with van der Waals surface area (Å²) in [6.45, 7) is 0. The molecule has 0 aliphatic carbocycles. The van der Waals surface area contributed by atoms with E-state index >= 15 is 0 Å². The molecule has 0 N–H and O–H groups in total. The summed E-state index contributed by atoms with van der Waals surface area (Å²) in [7, 11) is 0. The Morgan fingerprint density at radius 3 is 0.914 bits per heavy atom. The van der Waals surface area contributed by atoms with Crippen LogP contribution in [0.25, 0.3) is 22.3 Å². The van der Waals surface area contributed by atoms with E-state index in [4.69, 9.17) is 0 Å². The Bertz CT molecular complexity index is 1280. The molecule has 0 fully saturated rings. The van der Waals surface area contributed by atoms with E-state index in [2.05, 4.69) is 205 Å². The Morgan fingerprint density at radius 2 is 0.657 bits per heavy atom. The van der Waals surface area contributed by atoms with Crippen LogP contribution in [0.15, 0.2) is 48.5 Å². The first kappa shape index (κ1) is 30.5. The third-order valence-electron chi connectivity index (χ3n) is 5.23. The molecule has 0 aliphatic rings. The predicted molar refractivity (Wildman–Crippen MR) is 208 cm³/mol. The number of benzene rings is 4. The molecule has 4 rings (SSSR count). The summed E-state index contributed by atoms with van der Waals surface area (Å²) in [5.74, 6) is -0.414. The molecule has 4 aromatic rings. The Balaban J connectivity index is 1.74. The van der Waals surface area contributed by atoms with Crippen LogP contribution in [0.1, 0.15) is 11.1 Å². The maximum absolute atomic E-state index is 13.8. The minimum absolute atomic E-state index is 0.207. The number of hydrogen-bond donors (Lipinski definition) is 0. The van der Waals surface area contributed by atoms with Crippen LogP contribution in [-0.4, -0.2) is 0 Å². The fraction of sp³-hybridized carbons (Fsp3) is 0.0400. The second-order valence-electron chi connectivity index (χ2n) is 7.50. The predicted octanol–water partition coefficient (Wildman–Crippen LogP) is 11.7. The van der Waals surface area contributed by atoms with E-state index in [1.54, 1.807) is 24.3 Å². The highest BCUT2D eigenvalue weighted by Gasteiger charge is 2.18. The van der Waals surface area contributed by atoms with Gasteiger partial charge in [-0.3, -0.25) is 0 Å². The molecule has 0 aliphatic heterocycles. The van der Waals surface area contributed by atoms with Crippen molar-refractivity contribution in [1.82, 2.24) is 0 Å². The normalized spacial score (nSPS) is 11.3. The third-order valence-corrected chi connectivity index (χ3v) is 12.5. The van der Waals surface area contributed by atoms with Crippen molar-refractivity contribution in [1.29, 1.82) is 0 Å². The second kappa shape index (κ2) is 13.0. The van der Waals surface area contributed by atoms with E-state index in [9.17, 15) is 8.78 Å². The van der Waals surface area contributed by atoms with Crippen molar-refractivity contribution in [3.63, 3.8) is 0 Å². The standard InChI is InChI=1S/C25H10F2I8/c26-12-5-20(32)24(21(33)6-12)10-1-16(28)14(17(29)2-10)9-15-18(30)3-11(4-19(15)31)25-22(34)7-13(27)8-23(25)35/h1-8H,9H2. The Kier molecular flexibility index (Phi) is 11.4. The van der Waals surface area contributed by atoms with Crippen LogP contribution in [-0.2, 0) is 6.42 Å². The maximum atomic E-state index is 13.8. The first-order chi connectivity index (χ1) is 16.5. The van der Waals surface area contributed by atoms with Crippen molar-refractivity contribution in [2.24, 2.45) is 0 Å². The molecule has 0 aromatic heterocycles. The van der Waals surface area contributed by atoms with Gasteiger partial charge in [0.15, 0.2) is 0 Å². The fourth-order valence-electron chi connectivity index (χ4n) is 3.65. The first-order valence-electron chi connectivity index (χ1n) is 9.72. The highest BCUT2D eigenvalue weighted by Crippen LogP contribution is 2.38. The molecule has 0 saturated heterocycles. The lowest BCUT2D eigenvalue weighted by Gasteiger charge is -2.17. The molecule has 180 valence electrons. The zero-order valence-electron chi connectivity index (χ0n) is 17.1. The largest absolute Gasteiger partial charge is 0.207 e. The highest BCUT2D eigenvalue weighted by molar-refractivity contribution is 14.1. The average Bonchev–Trinajstić information content (AvgIpc) is 2.70. The zero-order valence-corrected chi connectivity index (χ0v) is 34.4. The lowest BCUT2D eigenvalue weighted by molar-refractivity contribution is 0.625. The SMILES string of the molecule is Fc1cc(I)c(-c2cc(I)c(Cc3c(I)cc(-c4c(I)cc(F)cc4I)cc3I)c(I)c2)c(I)c1. The van der Waals surface area contributed by atoms with Crippen LogP contribution in [0, 0.1) is 40.2 Å². The van der Waals surface area contributed by atoms with Gasteiger partial charge in [-0.1, -0.05) is 0 Å². The van der Waals surface area contributed by atoms with Crippen LogP contribution < -0.4 is 0 Å². The summed E-state index contributed by atoms with van der Waals surface area (Å²) >= 11 is 18.5. The number of halogens is 10. The minimum atomic E-state index is -0.207. The van der Waals surface area contributed by atoms with E-state index in [1.165, 1.54) is 25.4 Å². The van der Waals surface area contributed by atoms with Crippen molar-refractivity contribution in [3.8, 4) is 22.3 Å². The number of rotatable bonds is 4. The second-order valence-corrected chi connectivity index (χ2v) is 16.8. The molecule has 0 unspecified atom stereocenters. The molecule has 35 heavy (non-hydrogen) atoms. The Labute approximate surface area is 311 Å². The maximum Gasteiger partial charge on any atom is 0.125 e. The van der Waals surface area contributed by atoms with E-state index in [1.807, 2.05) is 0 Å². The third kappa shape index (κ3) is 7.08. The first-order valence-corrected chi connectivity index (χ1v) is 18.3. The van der Waals surface area contributed by atoms with E-state index in [0.717, 1.165) is 43.0 Å². The van der Waals surface area contributed by atoms with Crippen molar-refractivity contribution in [2.75, 3.05) is 0 Å². The zero-order chi connectivity index (χ0) is 25.6. The van der Waals surface area contributed by atoms with Crippen LogP contribution in [0.4, 0.5) is 8.78 Å². The quantitative estimate of drug-likeness (QED) is 0.179. The van der Waals surface area contributed by atoms with Gasteiger partial charge in [0.05, 0.1) is 0 Å². The molecule has 0 radical (unpaired) electrons. The van der Waals surface area contributed by atoms with E-state index < -0.39 is 0 Å². The van der Waals surface area contributed by atoms with Crippen LogP contribution >= 0.6 is 181 Å². The Hall–Kier alpha value is 2.58. The van der Waals surface area contributed by atoms with Gasteiger partial charge in [0.25, 0.3) is 0 Å². The highest BCUT2D eigenvalue weighted by atomic mass is 127. The summed E-state index contributed by atoms with van der Waals surface area (Å²) in [6, 6.07) is 15.1. The van der Waals surface area contributed by atoms with Gasteiger partial charge in [-0.2, -0.15) is 0 Å². The number of hydrogen-bond acceptors (Lipinski definition) is 0. The van der Waals surface area contributed by atoms with Gasteiger partial charge in [0, 0.05) is 46.1 Å². The molecule has 0 amide bonds. The van der Waals surface area contributed by atoms with E-state index in [-0.39, 0.29) is 11.6 Å². The molecule has 0 spiro atoms. The summed E-state index contributed by atoms with van der Waals surface area (Å²) < 4.78 is 36.1. The van der Waals surface area contributed by atoms with Gasteiger partial charge in [0.1, 0.15) is 11.6 Å². The minimum Gasteiger partial charge on any atom is -0.207 e. The van der Waals surface area contributed by atoms with Gasteiger partial charge >= 0.3 is 0 Å². The molecular weight excluding hydrogens is 1350 g/mol. The van der Waals surface area contributed by atoms with Gasteiger partial charge in [0.2, 0.25) is 0 Å². The van der Waals surface area contributed by atoms with Gasteiger partial charge in [-0.25, -0.2) is 8.78 Å². The van der Waals surface area contributed by atoms with Gasteiger partial charge < -0.3 is 0 Å². The smallest absolute Gasteiger partial charge is 0.125 e. The van der Waals surface area contributed by atoms with Crippen LogP contribution in [0.3, 0.4) is 0 Å². The molecule has 0 atom stereocenters. The van der Waals surface area contributed by atoms with Gasteiger partial charge in [-0.05, 0) is 252 Å². The van der Waals surface area contributed by atoms with E-state index in [0.29, 0.717) is 0 Å². The lowest BCUT2D eigenvalue weighted by atomic mass is 9.98. The van der Waals surface area contributed by atoms with Crippen molar-refractivity contribution in [2.45, 2.75) is 6.42 Å². The molecule has 0 heterocycles. The monoisotopic (exact) mass is 1360 g/mol. The molecule has 0 nitrogen and oxygen atoms in total. The summed E-state index contributed by atoms with van der Waals surface area (Å²) in [5, 5.41) is 0. The summed E-state index contributed by atoms with van der Waals surface area (Å²) in [5.41, 5.74) is 6.94. The van der Waals surface area contributed by atoms with Crippen LogP contribution in [0.5, 0.6) is 0 Å². The van der Waals surface area contributed by atoms with Crippen molar-refractivity contribution >= 4 is 181 Å². The van der Waals surface area contributed by atoms with Gasteiger partial charge in [-0.15, -0.1) is 0 Å². The van der Waals surface area contributed by atoms with Crippen molar-refractivity contribution < 1.29 is 8.78 Å². The van der Waals surface area contributed by atoms with Crippen molar-refractivity contribution in [3.05, 3.63) is 99.9 Å². The molecule has 0 bridgehead atoms. The van der Waals surface area contributed by atoms with Crippen LogP contribution in [0.2, 0.25) is 0 Å². The lowest BCUT2D eigenvalue weighted by Crippen LogP contribution is -2.03. The fourth-order valence-corrected chi connectivity index (χ4v) is 12.6. The topological polar surface area (TPSA) is 0 Å². The molecule has 10 heteroatoms. The molecule has 4 aromatic carbocycles. The summed E-state index contributed by atoms with van der Waals surface area (Å²) in [6.07, 6.45) is 0.822.